The molecule has 0 amide bonds. The Hall–Kier alpha value is -2.52. The number of aromatic nitrogens is 1. The first-order valence-electron chi connectivity index (χ1n) is 7.03. The van der Waals surface area contributed by atoms with Crippen LogP contribution in [-0.4, -0.2) is 22.7 Å². The molecule has 0 saturated heterocycles. The van der Waals surface area contributed by atoms with Gasteiger partial charge in [0, 0.05) is 16.8 Å². The van der Waals surface area contributed by atoms with Crippen molar-refractivity contribution in [2.75, 3.05) is 12.4 Å². The van der Waals surface area contributed by atoms with Crippen LogP contribution in [-0.2, 0) is 4.74 Å². The summed E-state index contributed by atoms with van der Waals surface area (Å²) in [6.45, 7) is 7.58. The van der Waals surface area contributed by atoms with E-state index in [2.05, 4.69) is 6.58 Å². The van der Waals surface area contributed by atoms with Crippen LogP contribution in [0, 0.1) is 11.3 Å². The number of hydrogen-bond donors (Lipinski definition) is 0. The second-order valence-electron chi connectivity index (χ2n) is 4.92. The molecular weight excluding hydrogens is 312 g/mol. The molecule has 0 unspecified atom stereocenters. The standard InChI is InChI=1S/C17H16N2O3S/c1-4-22-17(21)14-13-7-5-6-8-19(13)16(20)12(9-18)15(14)23-10-11(2)3/h5-8H,2,4,10H2,1,3H3. The van der Waals surface area contributed by atoms with Crippen molar-refractivity contribution < 1.29 is 9.53 Å². The minimum atomic E-state index is -0.545. The van der Waals surface area contributed by atoms with Crippen LogP contribution in [0.3, 0.4) is 0 Å². The van der Waals surface area contributed by atoms with Gasteiger partial charge in [0.25, 0.3) is 5.56 Å². The second kappa shape index (κ2) is 7.16. The van der Waals surface area contributed by atoms with E-state index in [4.69, 9.17) is 4.74 Å². The van der Waals surface area contributed by atoms with Gasteiger partial charge in [-0.3, -0.25) is 9.20 Å². The largest absolute Gasteiger partial charge is 0.462 e. The van der Waals surface area contributed by atoms with Crippen LogP contribution in [0.15, 0.2) is 46.2 Å². The van der Waals surface area contributed by atoms with Crippen LogP contribution in [0.2, 0.25) is 0 Å². The van der Waals surface area contributed by atoms with Crippen molar-refractivity contribution in [3.8, 4) is 6.07 Å². The number of thioether (sulfide) groups is 1. The van der Waals surface area contributed by atoms with Crippen LogP contribution >= 0.6 is 11.8 Å². The zero-order valence-corrected chi connectivity index (χ0v) is 13.8. The number of pyridine rings is 2. The monoisotopic (exact) mass is 328 g/mol. The van der Waals surface area contributed by atoms with E-state index in [-0.39, 0.29) is 17.7 Å². The second-order valence-corrected chi connectivity index (χ2v) is 5.90. The van der Waals surface area contributed by atoms with E-state index in [9.17, 15) is 14.9 Å². The van der Waals surface area contributed by atoms with Crippen molar-refractivity contribution in [2.24, 2.45) is 0 Å². The lowest BCUT2D eigenvalue weighted by Crippen LogP contribution is -2.22. The van der Waals surface area contributed by atoms with E-state index < -0.39 is 11.5 Å². The average Bonchev–Trinajstić information content (AvgIpc) is 2.53. The lowest BCUT2D eigenvalue weighted by atomic mass is 10.1. The molecule has 5 nitrogen and oxygen atoms in total. The Labute approximate surface area is 138 Å². The van der Waals surface area contributed by atoms with Crippen LogP contribution in [0.25, 0.3) is 5.52 Å². The molecule has 23 heavy (non-hydrogen) atoms. The fourth-order valence-corrected chi connectivity index (χ4v) is 3.12. The number of carbonyl (C=O) groups is 1. The smallest absolute Gasteiger partial charge is 0.341 e. The summed E-state index contributed by atoms with van der Waals surface area (Å²) >= 11 is 1.25. The Morgan fingerprint density at radius 3 is 2.83 bits per heavy atom. The van der Waals surface area contributed by atoms with Crippen LogP contribution in [0.4, 0.5) is 0 Å². The van der Waals surface area contributed by atoms with Crippen molar-refractivity contribution in [1.29, 1.82) is 5.26 Å². The van der Waals surface area contributed by atoms with E-state index in [0.717, 1.165) is 5.57 Å². The van der Waals surface area contributed by atoms with E-state index in [0.29, 0.717) is 16.2 Å². The van der Waals surface area contributed by atoms with Gasteiger partial charge in [0.05, 0.1) is 17.7 Å². The highest BCUT2D eigenvalue weighted by molar-refractivity contribution is 7.99. The highest BCUT2D eigenvalue weighted by atomic mass is 32.2. The van der Waals surface area contributed by atoms with E-state index >= 15 is 0 Å². The Balaban J connectivity index is 2.85. The van der Waals surface area contributed by atoms with E-state index in [1.165, 1.54) is 22.4 Å². The number of nitrogens with zero attached hydrogens (tertiary/aromatic N) is 2. The van der Waals surface area contributed by atoms with Gasteiger partial charge in [0.2, 0.25) is 0 Å². The maximum atomic E-state index is 12.5. The minimum absolute atomic E-state index is 0.0528. The SMILES string of the molecule is C=C(C)CSc1c(C#N)c(=O)n2ccccc2c1C(=O)OCC. The molecule has 2 rings (SSSR count). The average molecular weight is 328 g/mol. The van der Waals surface area contributed by atoms with Crippen molar-refractivity contribution in [2.45, 2.75) is 18.7 Å². The van der Waals surface area contributed by atoms with Crippen molar-refractivity contribution in [3.05, 3.63) is 58.0 Å². The number of carbonyl (C=O) groups excluding carboxylic acids is 1. The Kier molecular flexibility index (Phi) is 5.24. The molecule has 2 aromatic rings. The first-order chi connectivity index (χ1) is 11.0. The lowest BCUT2D eigenvalue weighted by Gasteiger charge is -2.14. The third-order valence-corrected chi connectivity index (χ3v) is 4.39. The molecule has 6 heteroatoms. The van der Waals surface area contributed by atoms with Gasteiger partial charge in [-0.1, -0.05) is 18.2 Å². The number of nitriles is 1. The summed E-state index contributed by atoms with van der Waals surface area (Å²) in [5.41, 5.74) is 1.05. The predicted molar refractivity (Wildman–Crippen MR) is 89.9 cm³/mol. The molecular formula is C17H16N2O3S. The third kappa shape index (κ3) is 3.30. The quantitative estimate of drug-likeness (QED) is 0.479. The maximum Gasteiger partial charge on any atom is 0.341 e. The van der Waals surface area contributed by atoms with Crippen molar-refractivity contribution in [3.63, 3.8) is 0 Å². The normalized spacial score (nSPS) is 10.3. The molecule has 0 spiro atoms. The number of hydrogen-bond acceptors (Lipinski definition) is 5. The summed E-state index contributed by atoms with van der Waals surface area (Å²) in [6.07, 6.45) is 1.54. The zero-order chi connectivity index (χ0) is 17.0. The fourth-order valence-electron chi connectivity index (χ4n) is 2.12. The fraction of sp³-hybridized carbons (Fsp3) is 0.235. The van der Waals surface area contributed by atoms with Gasteiger partial charge < -0.3 is 4.74 Å². The van der Waals surface area contributed by atoms with E-state index in [1.807, 2.05) is 13.0 Å². The van der Waals surface area contributed by atoms with E-state index in [1.54, 1.807) is 25.1 Å². The van der Waals surface area contributed by atoms with Crippen LogP contribution in [0.1, 0.15) is 29.8 Å². The summed E-state index contributed by atoms with van der Waals surface area (Å²) in [5, 5.41) is 9.41. The van der Waals surface area contributed by atoms with Gasteiger partial charge in [-0.25, -0.2) is 4.79 Å². The van der Waals surface area contributed by atoms with Crippen LogP contribution in [0.5, 0.6) is 0 Å². The molecule has 0 bridgehead atoms. The Morgan fingerprint density at radius 1 is 1.48 bits per heavy atom. The summed E-state index contributed by atoms with van der Waals surface area (Å²) < 4.78 is 6.42. The number of rotatable bonds is 5. The molecule has 2 heterocycles. The molecule has 0 radical (unpaired) electrons. The highest BCUT2D eigenvalue weighted by Gasteiger charge is 2.24. The third-order valence-electron chi connectivity index (χ3n) is 3.06. The first kappa shape index (κ1) is 16.8. The summed E-state index contributed by atoms with van der Waals surface area (Å²) in [5.74, 6) is -0.0410. The molecule has 0 aliphatic rings. The minimum Gasteiger partial charge on any atom is -0.462 e. The van der Waals surface area contributed by atoms with Crippen LogP contribution < -0.4 is 5.56 Å². The zero-order valence-electron chi connectivity index (χ0n) is 13.0. The Bertz CT molecular complexity index is 878. The molecule has 0 saturated carbocycles. The first-order valence-corrected chi connectivity index (χ1v) is 8.01. The molecule has 118 valence electrons. The number of ether oxygens (including phenoxy) is 1. The summed E-state index contributed by atoms with van der Waals surface area (Å²) in [6, 6.07) is 7.00. The predicted octanol–water partition coefficient (Wildman–Crippen LogP) is 3.02. The van der Waals surface area contributed by atoms with Gasteiger partial charge in [0.1, 0.15) is 11.6 Å². The van der Waals surface area contributed by atoms with Gasteiger partial charge in [-0.15, -0.1) is 11.8 Å². The van der Waals surface area contributed by atoms with Gasteiger partial charge in [-0.05, 0) is 26.0 Å². The van der Waals surface area contributed by atoms with Gasteiger partial charge >= 0.3 is 5.97 Å². The van der Waals surface area contributed by atoms with Crippen molar-refractivity contribution >= 4 is 23.2 Å². The number of esters is 1. The molecule has 0 atom stereocenters. The highest BCUT2D eigenvalue weighted by Crippen LogP contribution is 2.29. The Morgan fingerprint density at radius 2 is 2.22 bits per heavy atom. The maximum absolute atomic E-state index is 12.5. The topological polar surface area (TPSA) is 71.6 Å². The molecule has 0 aromatic carbocycles. The molecule has 0 aliphatic heterocycles. The van der Waals surface area contributed by atoms with Crippen molar-refractivity contribution in [1.82, 2.24) is 4.40 Å². The van der Waals surface area contributed by atoms with Gasteiger partial charge in [-0.2, -0.15) is 5.26 Å². The molecule has 0 fully saturated rings. The van der Waals surface area contributed by atoms with Gasteiger partial charge in [0.15, 0.2) is 0 Å². The molecule has 0 aliphatic carbocycles. The molecule has 2 aromatic heterocycles. The number of fused-ring (bicyclic) bond motifs is 1. The summed E-state index contributed by atoms with van der Waals surface area (Å²) in [7, 11) is 0. The summed E-state index contributed by atoms with van der Waals surface area (Å²) in [4.78, 5) is 25.3. The molecule has 0 N–H and O–H groups in total. The lowest BCUT2D eigenvalue weighted by molar-refractivity contribution is 0.0524.